The summed E-state index contributed by atoms with van der Waals surface area (Å²) in [6.45, 7) is 1.54. The Morgan fingerprint density at radius 3 is 2.57 bits per heavy atom. The number of ether oxygens (including phenoxy) is 1. The van der Waals surface area contributed by atoms with E-state index in [1.165, 1.54) is 30.2 Å². The van der Waals surface area contributed by atoms with Crippen molar-refractivity contribution >= 4 is 22.7 Å². The molecule has 6 heteroatoms. The molecule has 148 valence electrons. The second kappa shape index (κ2) is 9.15. The molecule has 0 aromatic heterocycles. The third kappa shape index (κ3) is 4.87. The van der Waals surface area contributed by atoms with Gasteiger partial charge in [-0.2, -0.15) is 0 Å². The molecule has 0 saturated carbocycles. The normalized spacial score (nSPS) is 15.2. The molecule has 0 aliphatic heterocycles. The number of nitrogens with one attached hydrogen (secondary N) is 1. The number of carbonyl (C=O) groups excluding carboxylic acids is 2. The summed E-state index contributed by atoms with van der Waals surface area (Å²) in [6, 6.07) is 12.7. The molecule has 0 fully saturated rings. The van der Waals surface area contributed by atoms with Crippen molar-refractivity contribution in [2.24, 2.45) is 0 Å². The zero-order valence-electron chi connectivity index (χ0n) is 16.2. The minimum atomic E-state index is -1.31. The van der Waals surface area contributed by atoms with Gasteiger partial charge in [0.05, 0.1) is 27.3 Å². The largest absolute Gasteiger partial charge is 0.452 e. The number of hydrogen-bond acceptors (Lipinski definition) is 4. The highest BCUT2D eigenvalue weighted by atomic mass is 32.2. The maximum absolute atomic E-state index is 12.3. The molecular weight excluding hydrogens is 374 g/mol. The molecule has 1 aliphatic carbocycles. The van der Waals surface area contributed by atoms with Crippen LogP contribution in [-0.4, -0.2) is 28.9 Å². The van der Waals surface area contributed by atoms with Gasteiger partial charge in [-0.15, -0.1) is 0 Å². The summed E-state index contributed by atoms with van der Waals surface area (Å²) in [5.74, 6) is -1.02. The number of carbonyl (C=O) groups is 2. The van der Waals surface area contributed by atoms with Gasteiger partial charge in [0.2, 0.25) is 0 Å². The summed E-state index contributed by atoms with van der Waals surface area (Å²) in [4.78, 5) is 24.9. The fraction of sp³-hybridized carbons (Fsp3) is 0.364. The molecule has 0 radical (unpaired) electrons. The Morgan fingerprint density at radius 2 is 1.82 bits per heavy atom. The molecule has 0 saturated heterocycles. The Morgan fingerprint density at radius 1 is 1.11 bits per heavy atom. The highest BCUT2D eigenvalue weighted by Gasteiger charge is 2.18. The maximum Gasteiger partial charge on any atom is 0.339 e. The lowest BCUT2D eigenvalue weighted by atomic mass is 9.89. The third-order valence-corrected chi connectivity index (χ3v) is 5.98. The van der Waals surface area contributed by atoms with Gasteiger partial charge in [0.1, 0.15) is 0 Å². The zero-order valence-corrected chi connectivity index (χ0v) is 17.0. The average Bonchev–Trinajstić information content (AvgIpc) is 2.71. The van der Waals surface area contributed by atoms with Crippen LogP contribution in [0.4, 0.5) is 0 Å². The van der Waals surface area contributed by atoms with E-state index in [1.54, 1.807) is 24.3 Å². The second-order valence-corrected chi connectivity index (χ2v) is 8.40. The highest BCUT2D eigenvalue weighted by Crippen LogP contribution is 2.24. The minimum Gasteiger partial charge on any atom is -0.452 e. The first-order valence-corrected chi connectivity index (χ1v) is 11.0. The van der Waals surface area contributed by atoms with E-state index in [0.29, 0.717) is 4.90 Å². The minimum absolute atomic E-state index is 0.172. The molecule has 2 aromatic carbocycles. The molecule has 28 heavy (non-hydrogen) atoms. The van der Waals surface area contributed by atoms with Crippen LogP contribution in [-0.2, 0) is 33.2 Å². The van der Waals surface area contributed by atoms with E-state index >= 15 is 0 Å². The molecule has 2 atom stereocenters. The molecule has 1 aliphatic rings. The summed E-state index contributed by atoms with van der Waals surface area (Å²) in [7, 11) is -1.31. The Balaban J connectivity index is 1.57. The van der Waals surface area contributed by atoms with Gasteiger partial charge in [-0.25, -0.2) is 4.79 Å². The van der Waals surface area contributed by atoms with Gasteiger partial charge in [-0.1, -0.05) is 30.3 Å². The van der Waals surface area contributed by atoms with Gasteiger partial charge in [0, 0.05) is 6.26 Å². The van der Waals surface area contributed by atoms with E-state index in [4.69, 9.17) is 4.74 Å². The molecule has 5 nitrogen and oxygen atoms in total. The average molecular weight is 400 g/mol. The topological polar surface area (TPSA) is 72.5 Å². The van der Waals surface area contributed by atoms with Crippen LogP contribution in [0.15, 0.2) is 47.4 Å². The molecule has 0 spiro atoms. The number of rotatable bonds is 6. The van der Waals surface area contributed by atoms with Crippen molar-refractivity contribution in [3.63, 3.8) is 0 Å². The van der Waals surface area contributed by atoms with Crippen molar-refractivity contribution < 1.29 is 18.5 Å². The predicted octanol–water partition coefficient (Wildman–Crippen LogP) is 3.34. The highest BCUT2D eigenvalue weighted by molar-refractivity contribution is 7.84. The lowest BCUT2D eigenvalue weighted by Gasteiger charge is -2.20. The van der Waals surface area contributed by atoms with Crippen LogP contribution in [0.2, 0.25) is 0 Å². The van der Waals surface area contributed by atoms with Gasteiger partial charge in [0.15, 0.2) is 6.61 Å². The summed E-state index contributed by atoms with van der Waals surface area (Å²) in [5.41, 5.74) is 4.03. The first kappa shape index (κ1) is 20.3. The smallest absolute Gasteiger partial charge is 0.339 e. The van der Waals surface area contributed by atoms with Crippen molar-refractivity contribution in [1.29, 1.82) is 0 Å². The number of amides is 1. The van der Waals surface area contributed by atoms with Crippen LogP contribution in [0.5, 0.6) is 0 Å². The second-order valence-electron chi connectivity index (χ2n) is 7.05. The number of benzene rings is 2. The standard InChI is InChI=1S/C22H25NO4S/c1-15(17-12-11-16-7-3-4-8-18(16)13-17)23-21(24)14-27-22(25)19-9-5-6-10-20(19)28(2)26/h5-6,9-13,15H,3-4,7-8,14H2,1-2H3,(H,23,24)/t15-,28+/m1/s1. The molecule has 0 bridgehead atoms. The van der Waals surface area contributed by atoms with Crippen molar-refractivity contribution in [3.05, 3.63) is 64.7 Å². The van der Waals surface area contributed by atoms with Crippen molar-refractivity contribution in [2.45, 2.75) is 43.5 Å². The lowest BCUT2D eigenvalue weighted by Crippen LogP contribution is -2.31. The number of esters is 1. The molecule has 3 rings (SSSR count). The molecule has 2 aromatic rings. The first-order chi connectivity index (χ1) is 13.5. The number of fused-ring (bicyclic) bond motifs is 1. The first-order valence-electron chi connectivity index (χ1n) is 9.46. The Labute approximate surface area is 167 Å². The van der Waals surface area contributed by atoms with Gasteiger partial charge in [-0.05, 0) is 61.4 Å². The molecule has 1 N–H and O–H groups in total. The Bertz CT molecular complexity index is 909. The monoisotopic (exact) mass is 399 g/mol. The number of aryl methyl sites for hydroxylation is 2. The van der Waals surface area contributed by atoms with E-state index < -0.39 is 16.8 Å². The third-order valence-electron chi connectivity index (χ3n) is 5.00. The van der Waals surface area contributed by atoms with E-state index in [-0.39, 0.29) is 24.1 Å². The molecule has 0 unspecified atom stereocenters. The summed E-state index contributed by atoms with van der Waals surface area (Å²) in [6.07, 6.45) is 6.14. The maximum atomic E-state index is 12.3. The Hall–Kier alpha value is -2.47. The van der Waals surface area contributed by atoms with E-state index in [2.05, 4.69) is 17.4 Å². The predicted molar refractivity (Wildman–Crippen MR) is 109 cm³/mol. The fourth-order valence-corrected chi connectivity index (χ4v) is 4.22. The van der Waals surface area contributed by atoms with Crippen LogP contribution < -0.4 is 5.32 Å². The lowest BCUT2D eigenvalue weighted by molar-refractivity contribution is -0.124. The van der Waals surface area contributed by atoms with E-state index in [0.717, 1.165) is 18.4 Å². The molecular formula is C22H25NO4S. The zero-order chi connectivity index (χ0) is 20.1. The Kier molecular flexibility index (Phi) is 6.62. The summed E-state index contributed by atoms with van der Waals surface area (Å²) in [5, 5.41) is 2.87. The molecule has 1 amide bonds. The van der Waals surface area contributed by atoms with Crippen LogP contribution in [0.25, 0.3) is 0 Å². The molecule has 0 heterocycles. The summed E-state index contributed by atoms with van der Waals surface area (Å²) >= 11 is 0. The van der Waals surface area contributed by atoms with Gasteiger partial charge in [0.25, 0.3) is 5.91 Å². The van der Waals surface area contributed by atoms with Gasteiger partial charge < -0.3 is 10.1 Å². The van der Waals surface area contributed by atoms with Crippen LogP contribution in [0.1, 0.15) is 52.9 Å². The van der Waals surface area contributed by atoms with E-state index in [1.807, 2.05) is 13.0 Å². The summed E-state index contributed by atoms with van der Waals surface area (Å²) < 4.78 is 16.9. The van der Waals surface area contributed by atoms with Crippen LogP contribution in [0, 0.1) is 0 Å². The van der Waals surface area contributed by atoms with Gasteiger partial charge in [-0.3, -0.25) is 9.00 Å². The van der Waals surface area contributed by atoms with Gasteiger partial charge >= 0.3 is 5.97 Å². The quantitative estimate of drug-likeness (QED) is 0.756. The van der Waals surface area contributed by atoms with E-state index in [9.17, 15) is 13.8 Å². The van der Waals surface area contributed by atoms with Crippen LogP contribution in [0.3, 0.4) is 0 Å². The fourth-order valence-electron chi connectivity index (χ4n) is 3.48. The number of hydrogen-bond donors (Lipinski definition) is 1. The van der Waals surface area contributed by atoms with Crippen molar-refractivity contribution in [1.82, 2.24) is 5.32 Å². The van der Waals surface area contributed by atoms with Crippen molar-refractivity contribution in [2.75, 3.05) is 12.9 Å². The van der Waals surface area contributed by atoms with Crippen molar-refractivity contribution in [3.8, 4) is 0 Å². The van der Waals surface area contributed by atoms with Crippen LogP contribution >= 0.6 is 0 Å². The SMILES string of the molecule is C[C@@H](NC(=O)COC(=O)c1ccccc1[S@](C)=O)c1ccc2c(c1)CCCC2.